The molecule has 1 aliphatic rings. The van der Waals surface area contributed by atoms with Crippen LogP contribution in [0.5, 0.6) is 0 Å². The van der Waals surface area contributed by atoms with Crippen LogP contribution in [-0.4, -0.2) is 9.97 Å². The van der Waals surface area contributed by atoms with Gasteiger partial charge < -0.3 is 4.98 Å². The van der Waals surface area contributed by atoms with E-state index in [-0.39, 0.29) is 0 Å². The van der Waals surface area contributed by atoms with Crippen LogP contribution in [0.3, 0.4) is 0 Å². The predicted octanol–water partition coefficient (Wildman–Crippen LogP) is 7.19. The fraction of sp³-hybridized carbons (Fsp3) is 0.115. The third-order valence-corrected chi connectivity index (χ3v) is 6.25. The van der Waals surface area contributed by atoms with E-state index in [1.807, 2.05) is 6.07 Å². The molecule has 0 spiro atoms. The molecule has 0 amide bonds. The minimum Gasteiger partial charge on any atom is -0.353 e. The van der Waals surface area contributed by atoms with Crippen molar-refractivity contribution in [1.82, 2.24) is 9.97 Å². The molecular formula is C26H19ClN2. The van der Waals surface area contributed by atoms with Gasteiger partial charge in [-0.05, 0) is 65.8 Å². The molecule has 1 N–H and O–H groups in total. The molecule has 2 heterocycles. The summed E-state index contributed by atoms with van der Waals surface area (Å²) in [4.78, 5) is 8.82. The van der Waals surface area contributed by atoms with Crippen LogP contribution in [0.15, 0.2) is 72.8 Å². The number of aryl methyl sites for hydroxylation is 1. The molecule has 3 aromatic carbocycles. The van der Waals surface area contributed by atoms with Crippen molar-refractivity contribution in [3.05, 3.63) is 88.9 Å². The molecule has 0 atom stereocenters. The zero-order valence-corrected chi connectivity index (χ0v) is 16.6. The van der Waals surface area contributed by atoms with Gasteiger partial charge in [0.2, 0.25) is 0 Å². The molecule has 0 saturated carbocycles. The van der Waals surface area contributed by atoms with Crippen molar-refractivity contribution in [3.8, 4) is 22.5 Å². The molecule has 3 heteroatoms. The summed E-state index contributed by atoms with van der Waals surface area (Å²) in [6.45, 7) is 0. The molecule has 0 radical (unpaired) electrons. The molecule has 6 rings (SSSR count). The number of para-hydroxylation sites is 1. The van der Waals surface area contributed by atoms with Crippen LogP contribution in [0.25, 0.3) is 44.3 Å². The lowest BCUT2D eigenvalue weighted by molar-refractivity contribution is 0.839. The number of benzene rings is 3. The van der Waals surface area contributed by atoms with E-state index in [0.29, 0.717) is 0 Å². The van der Waals surface area contributed by atoms with Crippen molar-refractivity contribution in [1.29, 1.82) is 0 Å². The minimum absolute atomic E-state index is 0.778. The van der Waals surface area contributed by atoms with Crippen LogP contribution in [0.1, 0.15) is 17.5 Å². The van der Waals surface area contributed by atoms with Crippen molar-refractivity contribution in [2.75, 3.05) is 0 Å². The van der Waals surface area contributed by atoms with Gasteiger partial charge in [-0.3, -0.25) is 0 Å². The summed E-state index contributed by atoms with van der Waals surface area (Å²) in [6.07, 6.45) is 3.14. The van der Waals surface area contributed by atoms with Crippen LogP contribution in [0.2, 0.25) is 5.02 Å². The monoisotopic (exact) mass is 394 g/mol. The van der Waals surface area contributed by atoms with E-state index >= 15 is 0 Å². The number of hydrogen-bond acceptors (Lipinski definition) is 1. The average Bonchev–Trinajstić information content (AvgIpc) is 3.01. The second kappa shape index (κ2) is 6.47. The largest absolute Gasteiger partial charge is 0.353 e. The first-order chi connectivity index (χ1) is 14.3. The number of H-pyrrole nitrogens is 1. The van der Waals surface area contributed by atoms with Gasteiger partial charge in [-0.1, -0.05) is 60.1 Å². The predicted molar refractivity (Wildman–Crippen MR) is 122 cm³/mol. The fourth-order valence-electron chi connectivity index (χ4n) is 4.76. The van der Waals surface area contributed by atoms with Crippen LogP contribution in [0.4, 0.5) is 0 Å². The highest BCUT2D eigenvalue weighted by molar-refractivity contribution is 6.31. The van der Waals surface area contributed by atoms with Crippen molar-refractivity contribution in [2.24, 2.45) is 0 Å². The normalized spacial score (nSPS) is 13.3. The maximum absolute atomic E-state index is 6.31. The Morgan fingerprint density at radius 2 is 1.59 bits per heavy atom. The number of rotatable bonds is 1. The molecule has 0 saturated heterocycles. The smallest absolute Gasteiger partial charge is 0.0913 e. The lowest BCUT2D eigenvalue weighted by atomic mass is 9.92. The summed E-state index contributed by atoms with van der Waals surface area (Å²) >= 11 is 6.31. The standard InChI is InChI=1S/C26H19ClN2/c27-17-13-14-23-21(15-17)18-10-6-11-20-24(16-7-2-1-3-8-16)19-9-4-5-12-22(19)28-26(20)25(18)29-23/h1-5,7-9,12-15,29H,6,10-11H2. The first-order valence-corrected chi connectivity index (χ1v) is 10.4. The Hall–Kier alpha value is -3.10. The van der Waals surface area contributed by atoms with Crippen molar-refractivity contribution >= 4 is 33.4 Å². The van der Waals surface area contributed by atoms with E-state index in [1.165, 1.54) is 33.0 Å². The highest BCUT2D eigenvalue weighted by Crippen LogP contribution is 2.42. The van der Waals surface area contributed by atoms with E-state index in [1.54, 1.807) is 0 Å². The number of hydrogen-bond donors (Lipinski definition) is 1. The average molecular weight is 395 g/mol. The Labute approximate surface area is 174 Å². The third-order valence-electron chi connectivity index (χ3n) is 6.01. The number of nitrogens with zero attached hydrogens (tertiary/aromatic N) is 1. The molecule has 0 fully saturated rings. The Morgan fingerprint density at radius 1 is 0.793 bits per heavy atom. The van der Waals surface area contributed by atoms with Gasteiger partial charge >= 0.3 is 0 Å². The maximum atomic E-state index is 6.31. The first-order valence-electron chi connectivity index (χ1n) is 10.1. The van der Waals surface area contributed by atoms with Gasteiger partial charge in [-0.15, -0.1) is 0 Å². The van der Waals surface area contributed by atoms with Crippen LogP contribution >= 0.6 is 11.6 Å². The van der Waals surface area contributed by atoms with E-state index in [9.17, 15) is 0 Å². The summed E-state index contributed by atoms with van der Waals surface area (Å²) in [5, 5.41) is 3.22. The van der Waals surface area contributed by atoms with Crippen molar-refractivity contribution in [2.45, 2.75) is 19.3 Å². The van der Waals surface area contributed by atoms with Crippen LogP contribution in [-0.2, 0) is 12.8 Å². The van der Waals surface area contributed by atoms with E-state index in [0.717, 1.165) is 46.7 Å². The van der Waals surface area contributed by atoms with E-state index < -0.39 is 0 Å². The zero-order chi connectivity index (χ0) is 19.4. The quantitative estimate of drug-likeness (QED) is 0.320. The maximum Gasteiger partial charge on any atom is 0.0913 e. The Morgan fingerprint density at radius 3 is 2.48 bits per heavy atom. The van der Waals surface area contributed by atoms with Crippen molar-refractivity contribution < 1.29 is 0 Å². The first kappa shape index (κ1) is 16.8. The number of halogens is 1. The van der Waals surface area contributed by atoms with Gasteiger partial charge in [-0.25, -0.2) is 4.98 Å². The highest BCUT2D eigenvalue weighted by atomic mass is 35.5. The summed E-state index contributed by atoms with van der Waals surface area (Å²) in [7, 11) is 0. The third kappa shape index (κ3) is 2.60. The second-order valence-corrected chi connectivity index (χ2v) is 8.16. The Kier molecular flexibility index (Phi) is 3.75. The van der Waals surface area contributed by atoms with Crippen LogP contribution in [0, 0.1) is 0 Å². The minimum atomic E-state index is 0.778. The molecule has 2 aromatic heterocycles. The fourth-order valence-corrected chi connectivity index (χ4v) is 4.93. The SMILES string of the molecule is Clc1ccc2[nH]c3c(c2c1)CCCc1c-3nc2ccccc2c1-c1ccccc1. The van der Waals surface area contributed by atoms with Crippen molar-refractivity contribution in [3.63, 3.8) is 0 Å². The summed E-state index contributed by atoms with van der Waals surface area (Å²) in [5.41, 5.74) is 9.65. The number of aromatic amines is 1. The Bertz CT molecular complexity index is 1380. The van der Waals surface area contributed by atoms with Gasteiger partial charge in [-0.2, -0.15) is 0 Å². The number of aromatic nitrogens is 2. The number of pyridine rings is 1. The molecule has 1 aliphatic carbocycles. The molecule has 140 valence electrons. The molecule has 0 aliphatic heterocycles. The number of nitrogens with one attached hydrogen (secondary N) is 1. The zero-order valence-electron chi connectivity index (χ0n) is 15.9. The van der Waals surface area contributed by atoms with Gasteiger partial charge in [0.1, 0.15) is 0 Å². The molecule has 2 nitrogen and oxygen atoms in total. The molecule has 29 heavy (non-hydrogen) atoms. The molecular weight excluding hydrogens is 376 g/mol. The molecule has 0 bridgehead atoms. The van der Waals surface area contributed by atoms with E-state index in [4.69, 9.17) is 16.6 Å². The lowest BCUT2D eigenvalue weighted by Gasteiger charge is -2.16. The molecule has 0 unspecified atom stereocenters. The second-order valence-electron chi connectivity index (χ2n) is 7.72. The number of fused-ring (bicyclic) bond motifs is 6. The van der Waals surface area contributed by atoms with Crippen LogP contribution < -0.4 is 0 Å². The summed E-state index contributed by atoms with van der Waals surface area (Å²) in [6, 6.07) is 25.3. The topological polar surface area (TPSA) is 28.7 Å². The highest BCUT2D eigenvalue weighted by Gasteiger charge is 2.24. The van der Waals surface area contributed by atoms with Gasteiger partial charge in [0, 0.05) is 21.3 Å². The lowest BCUT2D eigenvalue weighted by Crippen LogP contribution is -1.98. The van der Waals surface area contributed by atoms with E-state index in [2.05, 4.69) is 71.7 Å². The molecule has 5 aromatic rings. The van der Waals surface area contributed by atoms with Gasteiger partial charge in [0.25, 0.3) is 0 Å². The summed E-state index contributed by atoms with van der Waals surface area (Å²) in [5.74, 6) is 0. The summed E-state index contributed by atoms with van der Waals surface area (Å²) < 4.78 is 0. The van der Waals surface area contributed by atoms with Gasteiger partial charge in [0.05, 0.1) is 16.9 Å². The van der Waals surface area contributed by atoms with Gasteiger partial charge in [0.15, 0.2) is 0 Å². The Balaban J connectivity index is 1.74.